The third-order valence-electron chi connectivity index (χ3n) is 4.55. The number of ether oxygens (including phenoxy) is 2. The largest absolute Gasteiger partial charge is 0.494 e. The van der Waals surface area contributed by atoms with Gasteiger partial charge >= 0.3 is 0 Å². The molecule has 1 aliphatic rings. The fourth-order valence-corrected chi connectivity index (χ4v) is 3.03. The van der Waals surface area contributed by atoms with Crippen LogP contribution in [0.1, 0.15) is 49.4 Å². The summed E-state index contributed by atoms with van der Waals surface area (Å²) in [5, 5.41) is 0. The number of hydrogen-bond acceptors (Lipinski definition) is 5. The molecule has 7 heteroatoms. The molecule has 2 rings (SSSR count). The number of rotatable bonds is 10. The zero-order chi connectivity index (χ0) is 18.8. The van der Waals surface area contributed by atoms with E-state index in [0.29, 0.717) is 38.4 Å². The maximum Gasteiger partial charge on any atom is 0.223 e. The first-order valence-corrected chi connectivity index (χ1v) is 9.49. The Labute approximate surface area is 167 Å². The van der Waals surface area contributed by atoms with Gasteiger partial charge in [0, 0.05) is 38.1 Å². The van der Waals surface area contributed by atoms with Gasteiger partial charge in [-0.15, -0.1) is 12.4 Å². The van der Waals surface area contributed by atoms with Crippen LogP contribution in [0.2, 0.25) is 0 Å². The Morgan fingerprint density at radius 1 is 1.15 bits per heavy atom. The quantitative estimate of drug-likeness (QED) is 0.484. The molecule has 27 heavy (non-hydrogen) atoms. The number of nitrogens with zero attached hydrogens (tertiary/aromatic N) is 1. The van der Waals surface area contributed by atoms with E-state index in [9.17, 15) is 9.59 Å². The van der Waals surface area contributed by atoms with Crippen molar-refractivity contribution < 1.29 is 19.1 Å². The van der Waals surface area contributed by atoms with Crippen LogP contribution < -0.4 is 10.5 Å². The lowest BCUT2D eigenvalue weighted by Crippen LogP contribution is -2.41. The third kappa shape index (κ3) is 7.87. The van der Waals surface area contributed by atoms with Crippen molar-refractivity contribution in [3.63, 3.8) is 0 Å². The standard InChI is InChI=1S/C20H30N2O4.ClH/c1-2-25-17-6-4-16(5-7-17)19(23)8-9-20(24)22-13-10-18(11-14-22)26-15-3-12-21;/h4-7,18H,2-3,8-15,21H2,1H3;1H. The van der Waals surface area contributed by atoms with Gasteiger partial charge < -0.3 is 20.1 Å². The van der Waals surface area contributed by atoms with Crippen molar-refractivity contribution in [1.82, 2.24) is 4.90 Å². The van der Waals surface area contributed by atoms with Gasteiger partial charge in [-0.2, -0.15) is 0 Å². The lowest BCUT2D eigenvalue weighted by molar-refractivity contribution is -0.133. The number of carbonyl (C=O) groups is 2. The second-order valence-electron chi connectivity index (χ2n) is 6.47. The van der Waals surface area contributed by atoms with E-state index in [1.54, 1.807) is 24.3 Å². The zero-order valence-electron chi connectivity index (χ0n) is 16.0. The van der Waals surface area contributed by atoms with Crippen LogP contribution in [0.3, 0.4) is 0 Å². The van der Waals surface area contributed by atoms with Gasteiger partial charge in [0.25, 0.3) is 0 Å². The summed E-state index contributed by atoms with van der Waals surface area (Å²) in [6.45, 7) is 5.23. The Morgan fingerprint density at radius 3 is 2.41 bits per heavy atom. The maximum absolute atomic E-state index is 12.3. The van der Waals surface area contributed by atoms with Crippen LogP contribution in [-0.2, 0) is 9.53 Å². The van der Waals surface area contributed by atoms with Crippen LogP contribution in [0.15, 0.2) is 24.3 Å². The van der Waals surface area contributed by atoms with Crippen molar-refractivity contribution in [2.24, 2.45) is 5.73 Å². The van der Waals surface area contributed by atoms with Crippen LogP contribution in [0, 0.1) is 0 Å². The molecule has 0 saturated carbocycles. The van der Waals surface area contributed by atoms with E-state index in [1.807, 2.05) is 11.8 Å². The summed E-state index contributed by atoms with van der Waals surface area (Å²) in [7, 11) is 0. The topological polar surface area (TPSA) is 81.9 Å². The maximum atomic E-state index is 12.3. The molecule has 0 aliphatic carbocycles. The van der Waals surface area contributed by atoms with Gasteiger partial charge in [-0.05, 0) is 57.0 Å². The highest BCUT2D eigenvalue weighted by molar-refractivity contribution is 5.98. The number of halogens is 1. The number of carbonyl (C=O) groups excluding carboxylic acids is 2. The van der Waals surface area contributed by atoms with Crippen molar-refractivity contribution in [3.05, 3.63) is 29.8 Å². The van der Waals surface area contributed by atoms with Crippen LogP contribution in [-0.4, -0.2) is 55.5 Å². The van der Waals surface area contributed by atoms with Gasteiger partial charge in [-0.25, -0.2) is 0 Å². The summed E-state index contributed by atoms with van der Waals surface area (Å²) in [6.07, 6.45) is 3.28. The molecule has 1 aromatic carbocycles. The van der Waals surface area contributed by atoms with Gasteiger partial charge in [0.15, 0.2) is 5.78 Å². The van der Waals surface area contributed by atoms with Crippen LogP contribution in [0.25, 0.3) is 0 Å². The number of hydrogen-bond donors (Lipinski definition) is 1. The molecule has 152 valence electrons. The molecule has 1 aromatic rings. The Hall–Kier alpha value is -1.63. The molecule has 0 unspecified atom stereocenters. The summed E-state index contributed by atoms with van der Waals surface area (Å²) in [5.41, 5.74) is 6.08. The van der Waals surface area contributed by atoms with E-state index >= 15 is 0 Å². The number of piperidine rings is 1. The van der Waals surface area contributed by atoms with Gasteiger partial charge in [-0.1, -0.05) is 0 Å². The number of nitrogens with two attached hydrogens (primary N) is 1. The molecule has 1 amide bonds. The van der Waals surface area contributed by atoms with Crippen LogP contribution in [0.4, 0.5) is 0 Å². The zero-order valence-corrected chi connectivity index (χ0v) is 16.8. The number of Topliss-reactive ketones (excluding diaryl/α,β-unsaturated/α-hetero) is 1. The van der Waals surface area contributed by atoms with Crippen molar-refractivity contribution in [2.75, 3.05) is 32.8 Å². The van der Waals surface area contributed by atoms with Gasteiger partial charge in [0.1, 0.15) is 5.75 Å². The number of benzene rings is 1. The molecule has 0 bridgehead atoms. The minimum absolute atomic E-state index is 0. The number of ketones is 1. The molecule has 0 aromatic heterocycles. The molecule has 0 spiro atoms. The predicted molar refractivity (Wildman–Crippen MR) is 108 cm³/mol. The summed E-state index contributed by atoms with van der Waals surface area (Å²) in [6, 6.07) is 7.08. The van der Waals surface area contributed by atoms with E-state index in [-0.39, 0.29) is 43.0 Å². The fraction of sp³-hybridized carbons (Fsp3) is 0.600. The van der Waals surface area contributed by atoms with Gasteiger partial charge in [0.2, 0.25) is 5.91 Å². The van der Waals surface area contributed by atoms with E-state index < -0.39 is 0 Å². The molecule has 1 aliphatic heterocycles. The first-order chi connectivity index (χ1) is 12.6. The van der Waals surface area contributed by atoms with E-state index in [4.69, 9.17) is 15.2 Å². The molecule has 2 N–H and O–H groups in total. The Kier molecular flexibility index (Phi) is 11.0. The van der Waals surface area contributed by atoms with Crippen LogP contribution in [0.5, 0.6) is 5.75 Å². The van der Waals surface area contributed by atoms with Crippen molar-refractivity contribution >= 4 is 24.1 Å². The Balaban J connectivity index is 0.00000364. The lowest BCUT2D eigenvalue weighted by atomic mass is 10.0. The second kappa shape index (κ2) is 12.7. The second-order valence-corrected chi connectivity index (χ2v) is 6.47. The molecule has 0 radical (unpaired) electrons. The van der Waals surface area contributed by atoms with E-state index in [0.717, 1.165) is 25.0 Å². The minimum Gasteiger partial charge on any atom is -0.494 e. The van der Waals surface area contributed by atoms with Crippen molar-refractivity contribution in [1.29, 1.82) is 0 Å². The number of likely N-dealkylation sites (tertiary alicyclic amines) is 1. The summed E-state index contributed by atoms with van der Waals surface area (Å²) in [4.78, 5) is 26.4. The Bertz CT molecular complexity index is 572. The van der Waals surface area contributed by atoms with Crippen molar-refractivity contribution in [2.45, 2.75) is 45.1 Å². The summed E-state index contributed by atoms with van der Waals surface area (Å²) in [5.74, 6) is 0.780. The smallest absolute Gasteiger partial charge is 0.223 e. The fourth-order valence-electron chi connectivity index (χ4n) is 3.03. The first kappa shape index (κ1) is 23.4. The average molecular weight is 399 g/mol. The van der Waals surface area contributed by atoms with Crippen LogP contribution >= 0.6 is 12.4 Å². The normalized spacial score (nSPS) is 14.5. The molecule has 6 nitrogen and oxygen atoms in total. The minimum atomic E-state index is -0.0126. The molecule has 1 saturated heterocycles. The summed E-state index contributed by atoms with van der Waals surface area (Å²) < 4.78 is 11.1. The van der Waals surface area contributed by atoms with Gasteiger partial charge in [-0.3, -0.25) is 9.59 Å². The lowest BCUT2D eigenvalue weighted by Gasteiger charge is -2.32. The molecular formula is C20H31ClN2O4. The average Bonchev–Trinajstić information content (AvgIpc) is 2.67. The third-order valence-corrected chi connectivity index (χ3v) is 4.55. The highest BCUT2D eigenvalue weighted by Crippen LogP contribution is 2.17. The Morgan fingerprint density at radius 2 is 1.81 bits per heavy atom. The van der Waals surface area contributed by atoms with E-state index in [1.165, 1.54) is 0 Å². The van der Waals surface area contributed by atoms with E-state index in [2.05, 4.69) is 0 Å². The molecule has 0 atom stereocenters. The molecule has 1 fully saturated rings. The SMILES string of the molecule is CCOc1ccc(C(=O)CCC(=O)N2CCC(OCCCN)CC2)cc1.Cl. The first-order valence-electron chi connectivity index (χ1n) is 9.49. The summed E-state index contributed by atoms with van der Waals surface area (Å²) >= 11 is 0. The van der Waals surface area contributed by atoms with Crippen molar-refractivity contribution in [3.8, 4) is 5.75 Å². The monoisotopic (exact) mass is 398 g/mol. The predicted octanol–water partition coefficient (Wildman–Crippen LogP) is 2.83. The highest BCUT2D eigenvalue weighted by Gasteiger charge is 2.23. The molecule has 1 heterocycles. The molecular weight excluding hydrogens is 368 g/mol. The van der Waals surface area contributed by atoms with Gasteiger partial charge in [0.05, 0.1) is 12.7 Å². The number of amides is 1. The highest BCUT2D eigenvalue weighted by atomic mass is 35.5.